The zero-order valence-corrected chi connectivity index (χ0v) is 30.0. The Hall–Kier alpha value is -6.64. The first-order chi connectivity index (χ1) is 26.8. The van der Waals surface area contributed by atoms with Crippen molar-refractivity contribution in [2.75, 3.05) is 4.90 Å². The van der Waals surface area contributed by atoms with E-state index in [4.69, 9.17) is 4.42 Å². The summed E-state index contributed by atoms with van der Waals surface area (Å²) >= 11 is 0. The normalized spacial score (nSPS) is 15.6. The number of fused-ring (bicyclic) bond motifs is 5. The third-order valence-corrected chi connectivity index (χ3v) is 11.2. The number of hydrogen-bond acceptors (Lipinski definition) is 2. The molecule has 8 aromatic rings. The van der Waals surface area contributed by atoms with Gasteiger partial charge in [0.25, 0.3) is 0 Å². The summed E-state index contributed by atoms with van der Waals surface area (Å²) in [7, 11) is 0. The van der Waals surface area contributed by atoms with Crippen molar-refractivity contribution < 1.29 is 4.42 Å². The minimum absolute atomic E-state index is 0.196. The molecule has 1 heterocycles. The summed E-state index contributed by atoms with van der Waals surface area (Å²) in [6.45, 7) is 0. The lowest BCUT2D eigenvalue weighted by Crippen LogP contribution is -2.31. The molecule has 0 saturated heterocycles. The van der Waals surface area contributed by atoms with Crippen LogP contribution in [0.2, 0.25) is 0 Å². The molecule has 10 rings (SSSR count). The van der Waals surface area contributed by atoms with E-state index >= 15 is 0 Å². The third-order valence-electron chi connectivity index (χ3n) is 11.2. The second-order valence-corrected chi connectivity index (χ2v) is 14.3. The van der Waals surface area contributed by atoms with Gasteiger partial charge in [-0.3, -0.25) is 0 Å². The van der Waals surface area contributed by atoms with Gasteiger partial charge >= 0.3 is 0 Å². The molecule has 54 heavy (non-hydrogen) atoms. The second kappa shape index (κ2) is 13.7. The van der Waals surface area contributed by atoms with Gasteiger partial charge in [-0.1, -0.05) is 158 Å². The Morgan fingerprint density at radius 3 is 1.81 bits per heavy atom. The van der Waals surface area contributed by atoms with Crippen LogP contribution in [-0.2, 0) is 0 Å². The standard InChI is InChI=1S/C52H39NO/c1-4-14-36(15-5-1)37-30-32-43(33-31-37)53(42-19-8-3-9-20-42)44-21-12-18-41(34-44)38-26-28-40(29-27-38)45-24-13-25-49-51(45)52-47-23-11-10-22-46(47)48(35-50(52)54-49)39-16-6-2-7-17-39/h1-26,28,30-33,35,44H,27,29,34H2. The van der Waals surface area contributed by atoms with Crippen molar-refractivity contribution in [2.45, 2.75) is 25.3 Å². The minimum Gasteiger partial charge on any atom is -0.456 e. The van der Waals surface area contributed by atoms with E-state index in [1.165, 1.54) is 77.5 Å². The van der Waals surface area contributed by atoms with Crippen LogP contribution in [0.25, 0.3) is 60.5 Å². The predicted molar refractivity (Wildman–Crippen MR) is 228 cm³/mol. The summed E-state index contributed by atoms with van der Waals surface area (Å²) in [5.41, 5.74) is 14.6. The number of furan rings is 1. The molecule has 0 spiro atoms. The molecular weight excluding hydrogens is 655 g/mol. The van der Waals surface area contributed by atoms with E-state index in [9.17, 15) is 0 Å². The fraction of sp³-hybridized carbons (Fsp3) is 0.0769. The van der Waals surface area contributed by atoms with Crippen molar-refractivity contribution in [1.29, 1.82) is 0 Å². The molecule has 2 nitrogen and oxygen atoms in total. The van der Waals surface area contributed by atoms with Gasteiger partial charge in [-0.15, -0.1) is 0 Å². The molecule has 0 saturated carbocycles. The van der Waals surface area contributed by atoms with Crippen LogP contribution in [-0.4, -0.2) is 6.04 Å². The number of allylic oxidation sites excluding steroid dienone is 6. The van der Waals surface area contributed by atoms with Crippen molar-refractivity contribution in [3.05, 3.63) is 211 Å². The largest absolute Gasteiger partial charge is 0.456 e. The third kappa shape index (κ3) is 5.77. The van der Waals surface area contributed by atoms with Crippen molar-refractivity contribution in [3.63, 3.8) is 0 Å². The molecule has 0 fully saturated rings. The minimum atomic E-state index is 0.196. The molecule has 7 aromatic carbocycles. The van der Waals surface area contributed by atoms with Gasteiger partial charge in [0, 0.05) is 22.1 Å². The van der Waals surface area contributed by atoms with Gasteiger partial charge in [-0.05, 0) is 111 Å². The molecule has 258 valence electrons. The van der Waals surface area contributed by atoms with E-state index in [0.29, 0.717) is 0 Å². The van der Waals surface area contributed by atoms with Gasteiger partial charge in [0.2, 0.25) is 0 Å². The van der Waals surface area contributed by atoms with Crippen molar-refractivity contribution >= 4 is 49.7 Å². The Bertz CT molecular complexity index is 2770. The van der Waals surface area contributed by atoms with Crippen LogP contribution in [0, 0.1) is 0 Å². The molecule has 0 aliphatic heterocycles. The van der Waals surface area contributed by atoms with Gasteiger partial charge < -0.3 is 9.32 Å². The molecule has 2 heteroatoms. The predicted octanol–water partition coefficient (Wildman–Crippen LogP) is 14.3. The highest BCUT2D eigenvalue weighted by molar-refractivity contribution is 6.24. The highest BCUT2D eigenvalue weighted by Crippen LogP contribution is 2.44. The number of benzene rings is 7. The maximum absolute atomic E-state index is 6.64. The van der Waals surface area contributed by atoms with Gasteiger partial charge in [-0.2, -0.15) is 0 Å². The lowest BCUT2D eigenvalue weighted by Gasteiger charge is -2.35. The average molecular weight is 694 g/mol. The van der Waals surface area contributed by atoms with Crippen LogP contribution < -0.4 is 4.90 Å². The monoisotopic (exact) mass is 693 g/mol. The van der Waals surface area contributed by atoms with Gasteiger partial charge in [0.15, 0.2) is 0 Å². The number of para-hydroxylation sites is 1. The summed E-state index contributed by atoms with van der Waals surface area (Å²) in [5.74, 6) is 0. The molecule has 0 amide bonds. The Morgan fingerprint density at radius 1 is 0.444 bits per heavy atom. The van der Waals surface area contributed by atoms with Crippen molar-refractivity contribution in [1.82, 2.24) is 0 Å². The summed E-state index contributed by atoms with van der Waals surface area (Å²) in [6, 6.07) is 58.8. The van der Waals surface area contributed by atoms with Gasteiger partial charge in [-0.25, -0.2) is 0 Å². The lowest BCUT2D eigenvalue weighted by atomic mass is 9.84. The maximum Gasteiger partial charge on any atom is 0.136 e. The van der Waals surface area contributed by atoms with Crippen LogP contribution in [0.4, 0.5) is 11.4 Å². The Labute approximate surface area is 316 Å². The highest BCUT2D eigenvalue weighted by atomic mass is 16.3. The van der Waals surface area contributed by atoms with E-state index in [-0.39, 0.29) is 6.04 Å². The Morgan fingerprint density at radius 2 is 1.07 bits per heavy atom. The lowest BCUT2D eigenvalue weighted by molar-refractivity contribution is 0.669. The van der Waals surface area contributed by atoms with Gasteiger partial charge in [0.1, 0.15) is 11.2 Å². The van der Waals surface area contributed by atoms with Crippen LogP contribution in [0.5, 0.6) is 0 Å². The molecule has 0 radical (unpaired) electrons. The highest BCUT2D eigenvalue weighted by Gasteiger charge is 2.25. The first kappa shape index (κ1) is 32.0. The molecule has 1 aromatic heterocycles. The molecule has 2 aliphatic rings. The Balaban J connectivity index is 0.981. The summed E-state index contributed by atoms with van der Waals surface area (Å²) in [6.07, 6.45) is 14.6. The first-order valence-corrected chi connectivity index (χ1v) is 19.0. The summed E-state index contributed by atoms with van der Waals surface area (Å²) < 4.78 is 6.64. The summed E-state index contributed by atoms with van der Waals surface area (Å²) in [4.78, 5) is 2.49. The molecule has 0 bridgehead atoms. The zero-order chi connectivity index (χ0) is 35.8. The molecule has 0 N–H and O–H groups in total. The Kier molecular flexibility index (Phi) is 8.15. The smallest absolute Gasteiger partial charge is 0.136 e. The second-order valence-electron chi connectivity index (χ2n) is 14.3. The maximum atomic E-state index is 6.64. The number of nitrogens with zero attached hydrogens (tertiary/aromatic N) is 1. The van der Waals surface area contributed by atoms with Gasteiger partial charge in [0.05, 0.1) is 6.04 Å². The van der Waals surface area contributed by atoms with Crippen LogP contribution in [0.3, 0.4) is 0 Å². The van der Waals surface area contributed by atoms with Crippen molar-refractivity contribution in [2.24, 2.45) is 0 Å². The quantitative estimate of drug-likeness (QED) is 0.165. The SMILES string of the molecule is C1=CC(N(c2ccccc2)c2ccc(-c3ccccc3)cc2)CC(C2=CC=C(c3cccc4oc5cc(-c6ccccc6)c6ccccc6c5c34)CC2)=C1. The molecule has 1 unspecified atom stereocenters. The molecular formula is C52H39NO. The van der Waals surface area contributed by atoms with E-state index in [0.717, 1.165) is 30.4 Å². The fourth-order valence-corrected chi connectivity index (χ4v) is 8.58. The first-order valence-electron chi connectivity index (χ1n) is 19.0. The topological polar surface area (TPSA) is 16.4 Å². The van der Waals surface area contributed by atoms with Crippen LogP contribution >= 0.6 is 0 Å². The number of hydrogen-bond donors (Lipinski definition) is 0. The fourth-order valence-electron chi connectivity index (χ4n) is 8.58. The van der Waals surface area contributed by atoms with Crippen LogP contribution in [0.1, 0.15) is 24.8 Å². The number of anilines is 2. The zero-order valence-electron chi connectivity index (χ0n) is 30.0. The summed E-state index contributed by atoms with van der Waals surface area (Å²) in [5, 5.41) is 4.89. The van der Waals surface area contributed by atoms with E-state index < -0.39 is 0 Å². The van der Waals surface area contributed by atoms with Crippen LogP contribution in [0.15, 0.2) is 210 Å². The van der Waals surface area contributed by atoms with E-state index in [1.807, 2.05) is 0 Å². The average Bonchev–Trinajstić information content (AvgIpc) is 3.64. The number of rotatable bonds is 7. The van der Waals surface area contributed by atoms with E-state index in [2.05, 4.69) is 199 Å². The van der Waals surface area contributed by atoms with Crippen molar-refractivity contribution in [3.8, 4) is 22.3 Å². The van der Waals surface area contributed by atoms with E-state index in [1.54, 1.807) is 0 Å². The molecule has 1 atom stereocenters. The molecule has 2 aliphatic carbocycles.